The largest absolute Gasteiger partial charge is 0.137 e. The molecule has 0 spiro atoms. The van der Waals surface area contributed by atoms with E-state index in [1.165, 1.54) is 11.5 Å². The Morgan fingerprint density at radius 1 is 1.23 bits per heavy atom. The number of nitrogens with zero attached hydrogens (tertiary/aromatic N) is 2. The van der Waals surface area contributed by atoms with Crippen LogP contribution in [-0.4, -0.2) is 9.59 Å². The zero-order valence-electron chi connectivity index (χ0n) is 6.61. The number of benzene rings is 1. The van der Waals surface area contributed by atoms with E-state index < -0.39 is 0 Å². The predicted octanol–water partition coefficient (Wildman–Crippen LogP) is 1.65. The Balaban J connectivity index is 2.94. The lowest BCUT2D eigenvalue weighted by Gasteiger charge is -1.95. The fourth-order valence-corrected chi connectivity index (χ4v) is 1.69. The SMILES string of the molecule is C#Cc1ccc2snnc2c1C#C. The van der Waals surface area contributed by atoms with Crippen molar-refractivity contribution in [2.45, 2.75) is 0 Å². The van der Waals surface area contributed by atoms with Crippen LogP contribution in [0.1, 0.15) is 11.1 Å². The molecule has 13 heavy (non-hydrogen) atoms. The van der Waals surface area contributed by atoms with Gasteiger partial charge in [0.25, 0.3) is 0 Å². The number of hydrogen-bond donors (Lipinski definition) is 0. The number of aromatic nitrogens is 2. The Labute approximate surface area is 79.8 Å². The van der Waals surface area contributed by atoms with Crippen LogP contribution >= 0.6 is 11.5 Å². The van der Waals surface area contributed by atoms with Gasteiger partial charge in [-0.2, -0.15) is 0 Å². The average Bonchev–Trinajstić information content (AvgIpc) is 2.63. The van der Waals surface area contributed by atoms with Crippen molar-refractivity contribution in [2.24, 2.45) is 0 Å². The molecule has 0 atom stereocenters. The molecular formula is C10H4N2S. The van der Waals surface area contributed by atoms with Crippen LogP contribution in [0.3, 0.4) is 0 Å². The molecule has 0 amide bonds. The molecule has 3 heteroatoms. The maximum Gasteiger partial charge on any atom is 0.122 e. The monoisotopic (exact) mass is 184 g/mol. The summed E-state index contributed by atoms with van der Waals surface area (Å²) in [5.74, 6) is 5.06. The van der Waals surface area contributed by atoms with Crippen LogP contribution < -0.4 is 0 Å². The summed E-state index contributed by atoms with van der Waals surface area (Å²) in [6, 6.07) is 3.70. The van der Waals surface area contributed by atoms with Crippen molar-refractivity contribution in [3.63, 3.8) is 0 Å². The van der Waals surface area contributed by atoms with Crippen molar-refractivity contribution in [2.75, 3.05) is 0 Å². The molecule has 0 bridgehead atoms. The Kier molecular flexibility index (Phi) is 1.73. The lowest BCUT2D eigenvalue weighted by molar-refractivity contribution is 1.19. The molecule has 2 rings (SSSR count). The minimum Gasteiger partial charge on any atom is -0.137 e. The van der Waals surface area contributed by atoms with E-state index in [9.17, 15) is 0 Å². The van der Waals surface area contributed by atoms with E-state index in [2.05, 4.69) is 21.4 Å². The molecule has 2 aromatic rings. The summed E-state index contributed by atoms with van der Waals surface area (Å²) in [6.45, 7) is 0. The van der Waals surface area contributed by atoms with Crippen molar-refractivity contribution in [3.8, 4) is 24.7 Å². The molecular weight excluding hydrogens is 180 g/mol. The molecule has 0 aliphatic rings. The van der Waals surface area contributed by atoms with Crippen LogP contribution in [0.4, 0.5) is 0 Å². The standard InChI is InChI=1S/C10H4N2S/c1-3-7-5-6-9-10(8(7)4-2)11-12-13-9/h1-2,5-6H. The van der Waals surface area contributed by atoms with Crippen molar-refractivity contribution in [1.82, 2.24) is 9.59 Å². The van der Waals surface area contributed by atoms with E-state index in [0.717, 1.165) is 10.2 Å². The molecule has 2 nitrogen and oxygen atoms in total. The normalized spacial score (nSPS) is 9.38. The summed E-state index contributed by atoms with van der Waals surface area (Å²) in [5.41, 5.74) is 2.08. The Morgan fingerprint density at radius 3 is 2.77 bits per heavy atom. The molecule has 1 aromatic heterocycles. The van der Waals surface area contributed by atoms with E-state index in [1.807, 2.05) is 12.1 Å². The molecule has 0 aliphatic heterocycles. The number of fused-ring (bicyclic) bond motifs is 1. The molecule has 0 N–H and O–H groups in total. The second-order valence-electron chi connectivity index (χ2n) is 2.40. The van der Waals surface area contributed by atoms with E-state index in [1.54, 1.807) is 0 Å². The smallest absolute Gasteiger partial charge is 0.122 e. The Morgan fingerprint density at radius 2 is 2.08 bits per heavy atom. The zero-order chi connectivity index (χ0) is 9.26. The van der Waals surface area contributed by atoms with E-state index in [0.29, 0.717) is 11.1 Å². The van der Waals surface area contributed by atoms with Gasteiger partial charge in [-0.1, -0.05) is 16.3 Å². The summed E-state index contributed by atoms with van der Waals surface area (Å²) >= 11 is 1.31. The third kappa shape index (κ3) is 1.07. The molecule has 60 valence electrons. The summed E-state index contributed by atoms with van der Waals surface area (Å²) in [5, 5.41) is 3.93. The van der Waals surface area contributed by atoms with Gasteiger partial charge in [0, 0.05) is 5.56 Å². The quantitative estimate of drug-likeness (QED) is 0.582. The second-order valence-corrected chi connectivity index (χ2v) is 3.18. The highest BCUT2D eigenvalue weighted by atomic mass is 32.1. The first-order valence-corrected chi connectivity index (χ1v) is 4.32. The maximum atomic E-state index is 5.34. The molecule has 0 saturated heterocycles. The first-order chi connectivity index (χ1) is 6.36. The molecule has 1 aromatic carbocycles. The van der Waals surface area contributed by atoms with Crippen LogP contribution in [0.2, 0.25) is 0 Å². The first kappa shape index (κ1) is 7.79. The van der Waals surface area contributed by atoms with Gasteiger partial charge < -0.3 is 0 Å². The first-order valence-electron chi connectivity index (χ1n) is 3.55. The predicted molar refractivity (Wildman–Crippen MR) is 53.3 cm³/mol. The van der Waals surface area contributed by atoms with Crippen molar-refractivity contribution >= 4 is 21.7 Å². The molecule has 0 unspecified atom stereocenters. The topological polar surface area (TPSA) is 25.8 Å². The van der Waals surface area contributed by atoms with Gasteiger partial charge in [0.05, 0.1) is 10.3 Å². The van der Waals surface area contributed by atoms with Gasteiger partial charge >= 0.3 is 0 Å². The van der Waals surface area contributed by atoms with Crippen LogP contribution in [0.5, 0.6) is 0 Å². The average molecular weight is 184 g/mol. The van der Waals surface area contributed by atoms with Crippen LogP contribution in [-0.2, 0) is 0 Å². The molecule has 0 fully saturated rings. The lowest BCUT2D eigenvalue weighted by Crippen LogP contribution is -1.84. The minimum atomic E-state index is 0.661. The molecule has 1 heterocycles. The highest BCUT2D eigenvalue weighted by Gasteiger charge is 2.06. The third-order valence-electron chi connectivity index (χ3n) is 1.72. The van der Waals surface area contributed by atoms with Gasteiger partial charge in [0.1, 0.15) is 5.52 Å². The fourth-order valence-electron chi connectivity index (χ4n) is 1.12. The molecule has 0 aliphatic carbocycles. The zero-order valence-corrected chi connectivity index (χ0v) is 7.43. The van der Waals surface area contributed by atoms with Crippen molar-refractivity contribution in [1.29, 1.82) is 0 Å². The Bertz CT molecular complexity index is 540. The Hall–Kier alpha value is -1.84. The minimum absolute atomic E-state index is 0.661. The van der Waals surface area contributed by atoms with Crippen LogP contribution in [0.25, 0.3) is 10.2 Å². The summed E-state index contributed by atoms with van der Waals surface area (Å²) in [7, 11) is 0. The van der Waals surface area contributed by atoms with Gasteiger partial charge in [0.2, 0.25) is 0 Å². The molecule has 0 radical (unpaired) electrons. The lowest BCUT2D eigenvalue weighted by atomic mass is 10.1. The van der Waals surface area contributed by atoms with Crippen LogP contribution in [0.15, 0.2) is 12.1 Å². The van der Waals surface area contributed by atoms with Gasteiger partial charge in [-0.15, -0.1) is 17.9 Å². The van der Waals surface area contributed by atoms with Gasteiger partial charge in [-0.25, -0.2) is 0 Å². The molecule has 0 saturated carbocycles. The summed E-state index contributed by atoms with van der Waals surface area (Å²) in [4.78, 5) is 0. The van der Waals surface area contributed by atoms with Gasteiger partial charge in [-0.3, -0.25) is 0 Å². The second kappa shape index (κ2) is 2.90. The van der Waals surface area contributed by atoms with Crippen LogP contribution in [0, 0.1) is 24.7 Å². The highest BCUT2D eigenvalue weighted by molar-refractivity contribution is 7.12. The van der Waals surface area contributed by atoms with Gasteiger partial charge in [-0.05, 0) is 23.7 Å². The van der Waals surface area contributed by atoms with E-state index >= 15 is 0 Å². The van der Waals surface area contributed by atoms with Crippen molar-refractivity contribution < 1.29 is 0 Å². The highest BCUT2D eigenvalue weighted by Crippen LogP contribution is 2.21. The van der Waals surface area contributed by atoms with Gasteiger partial charge in [0.15, 0.2) is 0 Å². The maximum absolute atomic E-state index is 5.34. The van der Waals surface area contributed by atoms with Crippen molar-refractivity contribution in [3.05, 3.63) is 23.3 Å². The fraction of sp³-hybridized carbons (Fsp3) is 0. The number of rotatable bonds is 0. The number of terminal acetylenes is 2. The van der Waals surface area contributed by atoms with E-state index in [4.69, 9.17) is 12.8 Å². The van der Waals surface area contributed by atoms with E-state index in [-0.39, 0.29) is 0 Å². The summed E-state index contributed by atoms with van der Waals surface area (Å²) in [6.07, 6.45) is 10.6. The summed E-state index contributed by atoms with van der Waals surface area (Å²) < 4.78 is 4.78. The number of hydrogen-bond acceptors (Lipinski definition) is 3. The third-order valence-corrected chi connectivity index (χ3v) is 2.41.